The molecule has 0 aliphatic rings. The van der Waals surface area contributed by atoms with E-state index in [1.807, 2.05) is 0 Å². The molecule has 0 N–H and O–H groups in total. The van der Waals surface area contributed by atoms with Crippen LogP contribution in [0.15, 0.2) is 60.8 Å². The number of esters is 3. The molecule has 0 radical (unpaired) electrons. The van der Waals surface area contributed by atoms with Gasteiger partial charge in [0.25, 0.3) is 0 Å². The second-order valence-corrected chi connectivity index (χ2v) is 19.9. The minimum absolute atomic E-state index is 0.0684. The van der Waals surface area contributed by atoms with Crippen molar-refractivity contribution in [3.63, 3.8) is 0 Å². The molecule has 1 atom stereocenters. The summed E-state index contributed by atoms with van der Waals surface area (Å²) in [6.07, 6.45) is 72.6. The number of rotatable bonds is 54. The van der Waals surface area contributed by atoms with Crippen molar-refractivity contribution in [3.8, 4) is 0 Å². The first-order chi connectivity index (χ1) is 34.0. The van der Waals surface area contributed by atoms with E-state index >= 15 is 0 Å². The molecular weight excluding hydrogens is 853 g/mol. The standard InChI is InChI=1S/C63H112O6/c1-4-7-10-13-16-18-20-21-22-23-24-25-26-27-28-29-30-31-32-33-34-35-36-37-38-39-40-41-43-44-47-50-53-56-62(65)68-59-60(58-67-61(64)55-52-49-46-15-12-9-6-3)69-63(66)57-54-51-48-45-42-19-17-14-11-8-5-2/h7,10,16,18,21-22,24-25,27-28,60H,4-6,8-9,11-15,17,19-20,23,26,29-59H2,1-3H3/b10-7-,18-16-,22-21-,25-24-,28-27-. The van der Waals surface area contributed by atoms with Gasteiger partial charge in [0.15, 0.2) is 6.10 Å². The third-order valence-corrected chi connectivity index (χ3v) is 13.0. The van der Waals surface area contributed by atoms with Gasteiger partial charge in [-0.15, -0.1) is 0 Å². The van der Waals surface area contributed by atoms with Crippen LogP contribution in [-0.2, 0) is 28.6 Å². The Kier molecular flexibility index (Phi) is 55.3. The molecule has 0 aliphatic carbocycles. The van der Waals surface area contributed by atoms with Crippen molar-refractivity contribution in [2.45, 2.75) is 309 Å². The zero-order valence-electron chi connectivity index (χ0n) is 45.8. The molecule has 6 nitrogen and oxygen atoms in total. The van der Waals surface area contributed by atoms with Gasteiger partial charge in [0.1, 0.15) is 13.2 Å². The summed E-state index contributed by atoms with van der Waals surface area (Å²) in [5.74, 6) is -0.863. The Morgan fingerprint density at radius 1 is 0.304 bits per heavy atom. The lowest BCUT2D eigenvalue weighted by molar-refractivity contribution is -0.167. The fourth-order valence-corrected chi connectivity index (χ4v) is 8.59. The van der Waals surface area contributed by atoms with E-state index in [0.717, 1.165) is 89.9 Å². The van der Waals surface area contributed by atoms with E-state index in [9.17, 15) is 14.4 Å². The average molecular weight is 966 g/mol. The van der Waals surface area contributed by atoms with Crippen molar-refractivity contribution < 1.29 is 28.6 Å². The number of hydrogen-bond donors (Lipinski definition) is 0. The van der Waals surface area contributed by atoms with Crippen molar-refractivity contribution >= 4 is 17.9 Å². The van der Waals surface area contributed by atoms with Crippen LogP contribution in [0.25, 0.3) is 0 Å². The highest BCUT2D eigenvalue weighted by atomic mass is 16.6. The maximum Gasteiger partial charge on any atom is 0.306 e. The molecule has 0 bridgehead atoms. The lowest BCUT2D eigenvalue weighted by Gasteiger charge is -2.18. The molecule has 0 rings (SSSR count). The van der Waals surface area contributed by atoms with Crippen LogP contribution in [0, 0.1) is 0 Å². The Bertz CT molecular complexity index is 1250. The van der Waals surface area contributed by atoms with Gasteiger partial charge < -0.3 is 14.2 Å². The molecule has 0 saturated carbocycles. The fraction of sp³-hybridized carbons (Fsp3) is 0.794. The first-order valence-electron chi connectivity index (χ1n) is 29.8. The second kappa shape index (κ2) is 57.7. The zero-order valence-corrected chi connectivity index (χ0v) is 45.8. The van der Waals surface area contributed by atoms with Gasteiger partial charge in [-0.3, -0.25) is 14.4 Å². The highest BCUT2D eigenvalue weighted by Gasteiger charge is 2.19. The molecule has 0 aromatic rings. The average Bonchev–Trinajstić information content (AvgIpc) is 3.35. The van der Waals surface area contributed by atoms with E-state index in [-0.39, 0.29) is 31.1 Å². The minimum Gasteiger partial charge on any atom is -0.462 e. The number of ether oxygens (including phenoxy) is 3. The lowest BCUT2D eigenvalue weighted by Crippen LogP contribution is -2.30. The molecule has 0 amide bonds. The molecule has 0 spiro atoms. The molecule has 1 unspecified atom stereocenters. The number of carbonyl (C=O) groups excluding carboxylic acids is 3. The van der Waals surface area contributed by atoms with E-state index in [4.69, 9.17) is 14.2 Å². The van der Waals surface area contributed by atoms with Gasteiger partial charge in [0, 0.05) is 19.3 Å². The topological polar surface area (TPSA) is 78.9 Å². The Labute approximate surface area is 428 Å². The molecule has 0 aromatic heterocycles. The minimum atomic E-state index is -0.765. The van der Waals surface area contributed by atoms with Crippen LogP contribution in [-0.4, -0.2) is 37.2 Å². The smallest absolute Gasteiger partial charge is 0.306 e. The summed E-state index contributed by atoms with van der Waals surface area (Å²) in [7, 11) is 0. The lowest BCUT2D eigenvalue weighted by atomic mass is 10.0. The first-order valence-corrected chi connectivity index (χ1v) is 29.8. The van der Waals surface area contributed by atoms with Crippen molar-refractivity contribution in [2.24, 2.45) is 0 Å². The normalized spacial score (nSPS) is 12.4. The molecule has 0 aliphatic heterocycles. The van der Waals surface area contributed by atoms with Crippen molar-refractivity contribution in [1.29, 1.82) is 0 Å². The summed E-state index contributed by atoms with van der Waals surface area (Å²) in [5, 5.41) is 0. The second-order valence-electron chi connectivity index (χ2n) is 19.9. The summed E-state index contributed by atoms with van der Waals surface area (Å²) >= 11 is 0. The zero-order chi connectivity index (χ0) is 50.0. The van der Waals surface area contributed by atoms with Crippen LogP contribution in [0.1, 0.15) is 303 Å². The molecule has 400 valence electrons. The molecular formula is C63H112O6. The van der Waals surface area contributed by atoms with Crippen molar-refractivity contribution in [2.75, 3.05) is 13.2 Å². The molecule has 0 aromatic carbocycles. The summed E-state index contributed by atoms with van der Waals surface area (Å²) in [5.41, 5.74) is 0. The highest BCUT2D eigenvalue weighted by Crippen LogP contribution is 2.17. The van der Waals surface area contributed by atoms with Crippen LogP contribution in [0.5, 0.6) is 0 Å². The van der Waals surface area contributed by atoms with E-state index < -0.39 is 6.10 Å². The van der Waals surface area contributed by atoms with Gasteiger partial charge in [-0.2, -0.15) is 0 Å². The highest BCUT2D eigenvalue weighted by molar-refractivity contribution is 5.71. The number of unbranched alkanes of at least 4 members (excludes halogenated alkanes) is 33. The monoisotopic (exact) mass is 965 g/mol. The van der Waals surface area contributed by atoms with E-state index in [2.05, 4.69) is 81.5 Å². The summed E-state index contributed by atoms with van der Waals surface area (Å²) < 4.78 is 16.8. The summed E-state index contributed by atoms with van der Waals surface area (Å²) in [6.45, 7) is 6.50. The molecule has 0 saturated heterocycles. The van der Waals surface area contributed by atoms with Gasteiger partial charge in [-0.05, 0) is 64.2 Å². The van der Waals surface area contributed by atoms with Crippen LogP contribution in [0.4, 0.5) is 0 Å². The van der Waals surface area contributed by atoms with E-state index in [0.29, 0.717) is 19.3 Å². The third kappa shape index (κ3) is 55.9. The van der Waals surface area contributed by atoms with Gasteiger partial charge in [-0.1, -0.05) is 281 Å². The first kappa shape index (κ1) is 66.1. The van der Waals surface area contributed by atoms with Crippen LogP contribution in [0.2, 0.25) is 0 Å². The van der Waals surface area contributed by atoms with Gasteiger partial charge in [-0.25, -0.2) is 0 Å². The molecule has 6 heteroatoms. The van der Waals surface area contributed by atoms with Crippen molar-refractivity contribution in [1.82, 2.24) is 0 Å². The maximum atomic E-state index is 12.7. The predicted octanol–water partition coefficient (Wildman–Crippen LogP) is 20.0. The Hall–Kier alpha value is -2.89. The van der Waals surface area contributed by atoms with E-state index in [1.165, 1.54) is 173 Å². The van der Waals surface area contributed by atoms with Gasteiger partial charge in [0.05, 0.1) is 0 Å². The molecule has 0 fully saturated rings. The number of allylic oxidation sites excluding steroid dienone is 10. The number of carbonyl (C=O) groups is 3. The molecule has 69 heavy (non-hydrogen) atoms. The third-order valence-electron chi connectivity index (χ3n) is 13.0. The van der Waals surface area contributed by atoms with Gasteiger partial charge in [0.2, 0.25) is 0 Å². The van der Waals surface area contributed by atoms with E-state index in [1.54, 1.807) is 0 Å². The Morgan fingerprint density at radius 3 is 0.884 bits per heavy atom. The van der Waals surface area contributed by atoms with Crippen LogP contribution in [0.3, 0.4) is 0 Å². The van der Waals surface area contributed by atoms with Crippen molar-refractivity contribution in [3.05, 3.63) is 60.8 Å². The largest absolute Gasteiger partial charge is 0.462 e. The Balaban J connectivity index is 3.94. The Morgan fingerprint density at radius 2 is 0.565 bits per heavy atom. The van der Waals surface area contributed by atoms with Crippen LogP contribution >= 0.6 is 0 Å². The fourth-order valence-electron chi connectivity index (χ4n) is 8.59. The quantitative estimate of drug-likeness (QED) is 0.0262. The SMILES string of the molecule is CC/C=C\C/C=C\C/C=C\C/C=C\C/C=C\CCCCCCCCCCCCCCCCCCCC(=O)OCC(COC(=O)CCCCCCCCC)OC(=O)CCCCCCCCCCCCC. The summed E-state index contributed by atoms with van der Waals surface area (Å²) in [6, 6.07) is 0. The van der Waals surface area contributed by atoms with Gasteiger partial charge >= 0.3 is 17.9 Å². The number of hydrogen-bond acceptors (Lipinski definition) is 6. The van der Waals surface area contributed by atoms with Crippen LogP contribution < -0.4 is 0 Å². The predicted molar refractivity (Wildman–Crippen MR) is 298 cm³/mol. The maximum absolute atomic E-state index is 12.7. The summed E-state index contributed by atoms with van der Waals surface area (Å²) in [4.78, 5) is 37.8. The molecule has 0 heterocycles.